The first-order chi connectivity index (χ1) is 13.2. The Morgan fingerprint density at radius 2 is 1.81 bits per heavy atom. The summed E-state index contributed by atoms with van der Waals surface area (Å²) in [6.07, 6.45) is 3.05. The van der Waals surface area contributed by atoms with E-state index in [0.717, 1.165) is 0 Å². The molecule has 138 valence electrons. The second kappa shape index (κ2) is 8.56. The van der Waals surface area contributed by atoms with Crippen molar-refractivity contribution in [3.8, 4) is 17.1 Å². The van der Waals surface area contributed by atoms with Gasteiger partial charge in [0.05, 0.1) is 12.7 Å². The van der Waals surface area contributed by atoms with E-state index in [1.165, 1.54) is 6.20 Å². The SMILES string of the molecule is COc1ccc(-c2noc(C(=O)NCCNC(=O)c3cccnc3)n2)cc1. The molecule has 0 atom stereocenters. The van der Waals surface area contributed by atoms with Crippen LogP contribution >= 0.6 is 0 Å². The zero-order valence-corrected chi connectivity index (χ0v) is 14.5. The summed E-state index contributed by atoms with van der Waals surface area (Å²) in [7, 11) is 1.57. The fourth-order valence-corrected chi connectivity index (χ4v) is 2.20. The molecule has 0 aliphatic carbocycles. The minimum absolute atomic E-state index is 0.153. The molecule has 2 heterocycles. The number of rotatable bonds is 7. The Hall–Kier alpha value is -3.75. The van der Waals surface area contributed by atoms with Gasteiger partial charge in [0.25, 0.3) is 5.91 Å². The molecule has 2 N–H and O–H groups in total. The highest BCUT2D eigenvalue weighted by Crippen LogP contribution is 2.19. The van der Waals surface area contributed by atoms with Crippen LogP contribution in [0.5, 0.6) is 5.75 Å². The summed E-state index contributed by atoms with van der Waals surface area (Å²) < 4.78 is 10.1. The number of benzene rings is 1. The molecule has 0 aliphatic rings. The maximum atomic E-state index is 12.1. The highest BCUT2D eigenvalue weighted by Gasteiger charge is 2.16. The lowest BCUT2D eigenvalue weighted by molar-refractivity contribution is 0.0898. The Kier molecular flexibility index (Phi) is 5.73. The molecule has 2 aromatic heterocycles. The zero-order valence-electron chi connectivity index (χ0n) is 14.5. The van der Waals surface area contributed by atoms with E-state index in [-0.39, 0.29) is 24.9 Å². The van der Waals surface area contributed by atoms with Crippen molar-refractivity contribution in [1.82, 2.24) is 25.8 Å². The fourth-order valence-electron chi connectivity index (χ4n) is 2.20. The molecule has 0 spiro atoms. The minimum Gasteiger partial charge on any atom is -0.497 e. The van der Waals surface area contributed by atoms with Crippen LogP contribution < -0.4 is 15.4 Å². The van der Waals surface area contributed by atoms with Gasteiger partial charge in [0, 0.05) is 31.0 Å². The standard InChI is InChI=1S/C18H17N5O4/c1-26-14-6-4-12(5-7-14)15-22-18(27-23-15)17(25)21-10-9-20-16(24)13-3-2-8-19-11-13/h2-8,11H,9-10H2,1H3,(H,20,24)(H,21,25). The normalized spacial score (nSPS) is 10.3. The molecule has 0 fully saturated rings. The first kappa shape index (κ1) is 18.1. The van der Waals surface area contributed by atoms with Crippen molar-refractivity contribution >= 4 is 11.8 Å². The van der Waals surface area contributed by atoms with Gasteiger partial charge in [-0.3, -0.25) is 14.6 Å². The van der Waals surface area contributed by atoms with Crippen LogP contribution in [0, 0.1) is 0 Å². The van der Waals surface area contributed by atoms with Gasteiger partial charge in [-0.05, 0) is 36.4 Å². The zero-order chi connectivity index (χ0) is 19.1. The third kappa shape index (κ3) is 4.66. The van der Waals surface area contributed by atoms with Gasteiger partial charge in [-0.2, -0.15) is 4.98 Å². The number of hydrogen-bond acceptors (Lipinski definition) is 7. The number of amides is 2. The smallest absolute Gasteiger partial charge is 0.316 e. The molecule has 0 saturated carbocycles. The predicted molar refractivity (Wildman–Crippen MR) is 95.2 cm³/mol. The van der Waals surface area contributed by atoms with E-state index in [1.807, 2.05) is 0 Å². The van der Waals surface area contributed by atoms with E-state index in [1.54, 1.807) is 49.7 Å². The average Bonchev–Trinajstić information content (AvgIpc) is 3.22. The largest absolute Gasteiger partial charge is 0.497 e. The Bertz CT molecular complexity index is 909. The van der Waals surface area contributed by atoms with Crippen LogP contribution in [0.4, 0.5) is 0 Å². The topological polar surface area (TPSA) is 119 Å². The van der Waals surface area contributed by atoms with E-state index in [2.05, 4.69) is 25.8 Å². The second-order valence-corrected chi connectivity index (χ2v) is 5.41. The van der Waals surface area contributed by atoms with Gasteiger partial charge >= 0.3 is 11.8 Å². The lowest BCUT2D eigenvalue weighted by Gasteiger charge is -2.05. The van der Waals surface area contributed by atoms with Crippen LogP contribution in [0.1, 0.15) is 21.0 Å². The van der Waals surface area contributed by atoms with Crippen LogP contribution in [0.15, 0.2) is 53.3 Å². The number of methoxy groups -OCH3 is 1. The summed E-state index contributed by atoms with van der Waals surface area (Å²) in [6, 6.07) is 10.4. The van der Waals surface area contributed by atoms with Crippen LogP contribution in [0.25, 0.3) is 11.4 Å². The van der Waals surface area contributed by atoms with Gasteiger partial charge in [-0.25, -0.2) is 0 Å². The molecule has 1 aromatic carbocycles. The van der Waals surface area contributed by atoms with Crippen LogP contribution in [0.2, 0.25) is 0 Å². The molecule has 3 rings (SSSR count). The van der Waals surface area contributed by atoms with Crippen molar-refractivity contribution in [2.24, 2.45) is 0 Å². The molecule has 2 amide bonds. The molecule has 0 aliphatic heterocycles. The first-order valence-corrected chi connectivity index (χ1v) is 8.12. The van der Waals surface area contributed by atoms with Crippen molar-refractivity contribution in [3.63, 3.8) is 0 Å². The third-order valence-corrected chi connectivity index (χ3v) is 3.59. The molecule has 0 radical (unpaired) electrons. The van der Waals surface area contributed by atoms with Crippen LogP contribution in [0.3, 0.4) is 0 Å². The lowest BCUT2D eigenvalue weighted by Crippen LogP contribution is -2.34. The molecule has 9 heteroatoms. The van der Waals surface area contributed by atoms with Gasteiger partial charge in [0.2, 0.25) is 5.82 Å². The number of nitrogens with zero attached hydrogens (tertiary/aromatic N) is 3. The van der Waals surface area contributed by atoms with Crippen molar-refractivity contribution in [1.29, 1.82) is 0 Å². The monoisotopic (exact) mass is 367 g/mol. The summed E-state index contributed by atoms with van der Waals surface area (Å²) in [5.74, 6) is 0.0652. The van der Waals surface area contributed by atoms with E-state index < -0.39 is 5.91 Å². The summed E-state index contributed by atoms with van der Waals surface area (Å²) in [4.78, 5) is 31.9. The van der Waals surface area contributed by atoms with Crippen LogP contribution in [-0.4, -0.2) is 47.1 Å². The first-order valence-electron chi connectivity index (χ1n) is 8.12. The highest BCUT2D eigenvalue weighted by molar-refractivity contribution is 5.94. The van der Waals surface area contributed by atoms with Crippen LogP contribution in [-0.2, 0) is 0 Å². The molecule has 0 unspecified atom stereocenters. The predicted octanol–water partition coefficient (Wildman–Crippen LogP) is 1.30. The Morgan fingerprint density at radius 1 is 1.07 bits per heavy atom. The lowest BCUT2D eigenvalue weighted by atomic mass is 10.2. The molecular weight excluding hydrogens is 350 g/mol. The number of pyridine rings is 1. The van der Waals surface area contributed by atoms with Gasteiger partial charge < -0.3 is 19.9 Å². The van der Waals surface area contributed by atoms with Crippen molar-refractivity contribution in [2.45, 2.75) is 0 Å². The quantitative estimate of drug-likeness (QED) is 0.604. The molecule has 0 bridgehead atoms. The number of hydrogen-bond donors (Lipinski definition) is 2. The molecule has 27 heavy (non-hydrogen) atoms. The summed E-state index contributed by atoms with van der Waals surface area (Å²) >= 11 is 0. The van der Waals surface area contributed by atoms with E-state index in [0.29, 0.717) is 22.7 Å². The Balaban J connectivity index is 1.48. The Labute approximate surface area is 154 Å². The molecule has 3 aromatic rings. The van der Waals surface area contributed by atoms with Crippen molar-refractivity contribution in [3.05, 3.63) is 60.2 Å². The number of aromatic nitrogens is 3. The number of carbonyl (C=O) groups excluding carboxylic acids is 2. The number of nitrogens with one attached hydrogen (secondary N) is 2. The number of ether oxygens (including phenoxy) is 1. The number of carbonyl (C=O) groups is 2. The average molecular weight is 367 g/mol. The van der Waals surface area contributed by atoms with E-state index in [9.17, 15) is 9.59 Å². The summed E-state index contributed by atoms with van der Waals surface area (Å²) in [5, 5.41) is 9.07. The van der Waals surface area contributed by atoms with Crippen molar-refractivity contribution < 1.29 is 18.8 Å². The third-order valence-electron chi connectivity index (χ3n) is 3.59. The van der Waals surface area contributed by atoms with Gasteiger partial charge in [-0.1, -0.05) is 5.16 Å². The van der Waals surface area contributed by atoms with Gasteiger partial charge in [0.1, 0.15) is 5.75 Å². The molecule has 0 saturated heterocycles. The molecule has 9 nitrogen and oxygen atoms in total. The maximum Gasteiger partial charge on any atom is 0.316 e. The van der Waals surface area contributed by atoms with Crippen molar-refractivity contribution in [2.75, 3.05) is 20.2 Å². The molecular formula is C18H17N5O4. The van der Waals surface area contributed by atoms with Gasteiger partial charge in [0.15, 0.2) is 0 Å². The highest BCUT2D eigenvalue weighted by atomic mass is 16.5. The van der Waals surface area contributed by atoms with E-state index >= 15 is 0 Å². The minimum atomic E-state index is -0.516. The summed E-state index contributed by atoms with van der Waals surface area (Å²) in [5.41, 5.74) is 1.15. The van der Waals surface area contributed by atoms with Gasteiger partial charge in [-0.15, -0.1) is 0 Å². The Morgan fingerprint density at radius 3 is 2.48 bits per heavy atom. The second-order valence-electron chi connectivity index (χ2n) is 5.41. The van der Waals surface area contributed by atoms with E-state index in [4.69, 9.17) is 9.26 Å². The fraction of sp³-hybridized carbons (Fsp3) is 0.167. The maximum absolute atomic E-state index is 12.1. The summed E-state index contributed by atoms with van der Waals surface area (Å²) in [6.45, 7) is 0.462.